The van der Waals surface area contributed by atoms with Gasteiger partial charge in [-0.3, -0.25) is 0 Å². The molecule has 0 heterocycles. The zero-order valence-corrected chi connectivity index (χ0v) is 14.9. The number of ether oxygens (including phenoxy) is 1. The van der Waals surface area contributed by atoms with Gasteiger partial charge in [0.1, 0.15) is 5.75 Å². The molecule has 0 fully saturated rings. The quantitative estimate of drug-likeness (QED) is 0.807. The van der Waals surface area contributed by atoms with Gasteiger partial charge in [0.2, 0.25) is 0 Å². The molecule has 2 nitrogen and oxygen atoms in total. The van der Waals surface area contributed by atoms with Gasteiger partial charge < -0.3 is 10.5 Å². The molecule has 0 radical (unpaired) electrons. The van der Waals surface area contributed by atoms with Crippen LogP contribution in [-0.4, -0.2) is 13.2 Å². The third-order valence-corrected chi connectivity index (χ3v) is 4.30. The van der Waals surface area contributed by atoms with Crippen molar-refractivity contribution in [3.8, 4) is 5.75 Å². The molecule has 0 aromatic heterocycles. The van der Waals surface area contributed by atoms with Crippen LogP contribution in [-0.2, 0) is 5.41 Å². The largest absolute Gasteiger partial charge is 0.496 e. The summed E-state index contributed by atoms with van der Waals surface area (Å²) in [5.41, 5.74) is 10.1. The van der Waals surface area contributed by atoms with Gasteiger partial charge in [-0.1, -0.05) is 52.3 Å². The van der Waals surface area contributed by atoms with Crippen molar-refractivity contribution in [2.75, 3.05) is 7.11 Å². The zero-order chi connectivity index (χ0) is 16.2. The van der Waals surface area contributed by atoms with E-state index in [2.05, 4.69) is 53.7 Å². The van der Waals surface area contributed by atoms with E-state index in [1.807, 2.05) is 0 Å². The first kappa shape index (κ1) is 18.0. The molecule has 0 spiro atoms. The molecular weight excluding hydrogens is 258 g/mol. The summed E-state index contributed by atoms with van der Waals surface area (Å²) in [6.45, 7) is 13.3. The fourth-order valence-corrected chi connectivity index (χ4v) is 2.78. The van der Waals surface area contributed by atoms with Gasteiger partial charge in [0.25, 0.3) is 0 Å². The van der Waals surface area contributed by atoms with Crippen molar-refractivity contribution in [3.05, 3.63) is 28.8 Å². The Kier molecular flexibility index (Phi) is 6.27. The SMILES string of the molecule is CCC(N)CCC(C)c1cc(C)cc(C(C)(C)C)c1OC. The van der Waals surface area contributed by atoms with Crippen LogP contribution in [0.4, 0.5) is 0 Å². The zero-order valence-electron chi connectivity index (χ0n) is 14.9. The van der Waals surface area contributed by atoms with Crippen molar-refractivity contribution in [2.45, 2.75) is 78.2 Å². The maximum absolute atomic E-state index is 6.07. The second-order valence-electron chi connectivity index (χ2n) is 7.33. The van der Waals surface area contributed by atoms with Gasteiger partial charge in [-0.15, -0.1) is 0 Å². The van der Waals surface area contributed by atoms with E-state index in [0.29, 0.717) is 12.0 Å². The average molecular weight is 291 g/mol. The first-order valence-electron chi connectivity index (χ1n) is 8.15. The maximum Gasteiger partial charge on any atom is 0.126 e. The van der Waals surface area contributed by atoms with Gasteiger partial charge >= 0.3 is 0 Å². The van der Waals surface area contributed by atoms with Crippen LogP contribution >= 0.6 is 0 Å². The molecule has 0 aliphatic carbocycles. The lowest BCUT2D eigenvalue weighted by atomic mass is 9.81. The molecule has 2 unspecified atom stereocenters. The molecule has 0 bridgehead atoms. The fraction of sp³-hybridized carbons (Fsp3) is 0.684. The second-order valence-corrected chi connectivity index (χ2v) is 7.33. The summed E-state index contributed by atoms with van der Waals surface area (Å²) in [6, 6.07) is 4.84. The number of nitrogens with two attached hydrogens (primary N) is 1. The van der Waals surface area contributed by atoms with E-state index in [0.717, 1.165) is 25.0 Å². The van der Waals surface area contributed by atoms with Gasteiger partial charge in [0.15, 0.2) is 0 Å². The number of benzene rings is 1. The minimum Gasteiger partial charge on any atom is -0.496 e. The van der Waals surface area contributed by atoms with Crippen LogP contribution in [0.5, 0.6) is 5.75 Å². The Hall–Kier alpha value is -1.02. The molecule has 0 aliphatic rings. The van der Waals surface area contributed by atoms with Crippen molar-refractivity contribution in [1.29, 1.82) is 0 Å². The summed E-state index contributed by atoms with van der Waals surface area (Å²) in [4.78, 5) is 0. The summed E-state index contributed by atoms with van der Waals surface area (Å²) >= 11 is 0. The average Bonchev–Trinajstić information content (AvgIpc) is 2.42. The lowest BCUT2D eigenvalue weighted by Gasteiger charge is -2.27. The molecular formula is C19H33NO. The highest BCUT2D eigenvalue weighted by Gasteiger charge is 2.23. The first-order chi connectivity index (χ1) is 9.70. The van der Waals surface area contributed by atoms with E-state index in [4.69, 9.17) is 10.5 Å². The van der Waals surface area contributed by atoms with Gasteiger partial charge in [-0.2, -0.15) is 0 Å². The Balaban J connectivity index is 3.14. The van der Waals surface area contributed by atoms with Crippen LogP contribution in [0, 0.1) is 6.92 Å². The van der Waals surface area contributed by atoms with Gasteiger partial charge in [-0.25, -0.2) is 0 Å². The Bertz CT molecular complexity index is 459. The smallest absolute Gasteiger partial charge is 0.126 e. The predicted molar refractivity (Wildman–Crippen MR) is 92.3 cm³/mol. The number of hydrogen-bond acceptors (Lipinski definition) is 2. The Morgan fingerprint density at radius 2 is 1.81 bits per heavy atom. The number of rotatable bonds is 6. The van der Waals surface area contributed by atoms with Crippen molar-refractivity contribution in [1.82, 2.24) is 0 Å². The highest BCUT2D eigenvalue weighted by Crippen LogP contribution is 2.39. The highest BCUT2D eigenvalue weighted by molar-refractivity contribution is 5.49. The molecule has 2 heteroatoms. The van der Waals surface area contributed by atoms with Crippen LogP contribution in [0.2, 0.25) is 0 Å². The second kappa shape index (κ2) is 7.31. The fourth-order valence-electron chi connectivity index (χ4n) is 2.78. The van der Waals surface area contributed by atoms with Crippen molar-refractivity contribution < 1.29 is 4.74 Å². The Morgan fingerprint density at radius 3 is 2.29 bits per heavy atom. The van der Waals surface area contributed by atoms with Gasteiger partial charge in [0, 0.05) is 11.6 Å². The molecule has 0 aliphatic heterocycles. The van der Waals surface area contributed by atoms with E-state index >= 15 is 0 Å². The summed E-state index contributed by atoms with van der Waals surface area (Å²) in [6.07, 6.45) is 3.23. The molecule has 0 amide bonds. The van der Waals surface area contributed by atoms with E-state index in [-0.39, 0.29) is 5.41 Å². The highest BCUT2D eigenvalue weighted by atomic mass is 16.5. The van der Waals surface area contributed by atoms with Crippen LogP contribution in [0.3, 0.4) is 0 Å². The van der Waals surface area contributed by atoms with Crippen LogP contribution in [0.1, 0.15) is 76.5 Å². The molecule has 1 aromatic carbocycles. The minimum atomic E-state index is 0.0889. The number of aryl methyl sites for hydroxylation is 1. The molecule has 0 saturated carbocycles. The predicted octanol–water partition coefficient (Wildman–Crippen LogP) is 4.92. The third kappa shape index (κ3) is 4.74. The molecule has 2 atom stereocenters. The maximum atomic E-state index is 6.07. The van der Waals surface area contributed by atoms with E-state index in [1.54, 1.807) is 7.11 Å². The molecule has 0 saturated heterocycles. The molecule has 1 aromatic rings. The van der Waals surface area contributed by atoms with E-state index < -0.39 is 0 Å². The number of hydrogen-bond donors (Lipinski definition) is 1. The Morgan fingerprint density at radius 1 is 1.19 bits per heavy atom. The molecule has 21 heavy (non-hydrogen) atoms. The van der Waals surface area contributed by atoms with Crippen LogP contribution < -0.4 is 10.5 Å². The Labute approximate surface area is 131 Å². The molecule has 2 N–H and O–H groups in total. The minimum absolute atomic E-state index is 0.0889. The summed E-state index contributed by atoms with van der Waals surface area (Å²) in [7, 11) is 1.79. The number of methoxy groups -OCH3 is 1. The van der Waals surface area contributed by atoms with Gasteiger partial charge in [-0.05, 0) is 43.1 Å². The van der Waals surface area contributed by atoms with Crippen molar-refractivity contribution in [3.63, 3.8) is 0 Å². The lowest BCUT2D eigenvalue weighted by Crippen LogP contribution is -2.19. The molecule has 1 rings (SSSR count). The monoisotopic (exact) mass is 291 g/mol. The van der Waals surface area contributed by atoms with Crippen molar-refractivity contribution >= 4 is 0 Å². The van der Waals surface area contributed by atoms with Crippen molar-refractivity contribution in [2.24, 2.45) is 5.73 Å². The van der Waals surface area contributed by atoms with Crippen LogP contribution in [0.15, 0.2) is 12.1 Å². The summed E-state index contributed by atoms with van der Waals surface area (Å²) in [5, 5.41) is 0. The third-order valence-electron chi connectivity index (χ3n) is 4.30. The van der Waals surface area contributed by atoms with Gasteiger partial charge in [0.05, 0.1) is 7.11 Å². The normalized spacial score (nSPS) is 14.9. The van der Waals surface area contributed by atoms with E-state index in [1.165, 1.54) is 16.7 Å². The first-order valence-corrected chi connectivity index (χ1v) is 8.15. The molecule has 120 valence electrons. The lowest BCUT2D eigenvalue weighted by molar-refractivity contribution is 0.386. The standard InChI is InChI=1S/C19H33NO/c1-8-15(20)10-9-14(3)16-11-13(2)12-17(18(16)21-7)19(4,5)6/h11-12,14-15H,8-10,20H2,1-7H3. The summed E-state index contributed by atoms with van der Waals surface area (Å²) < 4.78 is 5.78. The summed E-state index contributed by atoms with van der Waals surface area (Å²) in [5.74, 6) is 1.53. The van der Waals surface area contributed by atoms with Crippen LogP contribution in [0.25, 0.3) is 0 Å². The van der Waals surface area contributed by atoms with E-state index in [9.17, 15) is 0 Å². The topological polar surface area (TPSA) is 35.2 Å².